The molecule has 0 aliphatic carbocycles. The van der Waals surface area contributed by atoms with Crippen LogP contribution in [0.2, 0.25) is 0 Å². The lowest BCUT2D eigenvalue weighted by molar-refractivity contribution is 0.102. The molecule has 2 aromatic carbocycles. The molecule has 0 atom stereocenters. The smallest absolute Gasteiger partial charge is 0.255 e. The summed E-state index contributed by atoms with van der Waals surface area (Å²) in [5, 5.41) is 11.5. The molecule has 3 aromatic rings. The zero-order valence-corrected chi connectivity index (χ0v) is 16.3. The predicted octanol–water partition coefficient (Wildman–Crippen LogP) is 4.46. The van der Waals surface area contributed by atoms with Crippen LogP contribution in [0, 0.1) is 5.82 Å². The number of nitrogens with zero attached hydrogens (tertiary/aromatic N) is 3. The lowest BCUT2D eigenvalue weighted by atomic mass is 10.1. The van der Waals surface area contributed by atoms with E-state index >= 15 is 0 Å². The summed E-state index contributed by atoms with van der Waals surface area (Å²) in [7, 11) is 1.38. The Hall–Kier alpha value is -3.22. The van der Waals surface area contributed by atoms with E-state index < -0.39 is 5.82 Å². The fraction of sp³-hybridized carbons (Fsp3) is 0.318. The molecule has 6 nitrogen and oxygen atoms in total. The summed E-state index contributed by atoms with van der Waals surface area (Å²) in [5.41, 5.74) is 1.81. The van der Waals surface area contributed by atoms with Crippen LogP contribution in [0.5, 0.6) is 5.75 Å². The van der Waals surface area contributed by atoms with Crippen molar-refractivity contribution in [3.05, 3.63) is 59.7 Å². The Bertz CT molecular complexity index is 1010. The number of benzene rings is 2. The molecule has 2 heterocycles. The van der Waals surface area contributed by atoms with E-state index in [1.54, 1.807) is 0 Å². The molecule has 0 radical (unpaired) electrons. The number of aryl methyl sites for hydroxylation is 1. The van der Waals surface area contributed by atoms with Gasteiger partial charge in [-0.1, -0.05) is 12.8 Å². The van der Waals surface area contributed by atoms with E-state index in [4.69, 9.17) is 4.74 Å². The summed E-state index contributed by atoms with van der Waals surface area (Å²) in [6.45, 7) is 0.930. The largest absolute Gasteiger partial charge is 0.494 e. The van der Waals surface area contributed by atoms with Gasteiger partial charge in [-0.2, -0.15) is 0 Å². The predicted molar refractivity (Wildman–Crippen MR) is 109 cm³/mol. The van der Waals surface area contributed by atoms with Gasteiger partial charge < -0.3 is 14.6 Å². The molecule has 1 aliphatic heterocycles. The minimum absolute atomic E-state index is 0.106. The number of hydrogen-bond donors (Lipinski definition) is 1. The molecule has 0 saturated heterocycles. The van der Waals surface area contributed by atoms with E-state index in [0.717, 1.165) is 49.1 Å². The first-order valence-corrected chi connectivity index (χ1v) is 9.83. The minimum Gasteiger partial charge on any atom is -0.494 e. The van der Waals surface area contributed by atoms with Crippen molar-refractivity contribution in [3.8, 4) is 17.1 Å². The molecule has 0 bridgehead atoms. The summed E-state index contributed by atoms with van der Waals surface area (Å²) >= 11 is 0. The number of amides is 1. The van der Waals surface area contributed by atoms with Gasteiger partial charge in [-0.25, -0.2) is 4.39 Å². The second-order valence-corrected chi connectivity index (χ2v) is 7.14. The highest BCUT2D eigenvalue weighted by Gasteiger charge is 2.16. The highest BCUT2D eigenvalue weighted by molar-refractivity contribution is 6.04. The van der Waals surface area contributed by atoms with Crippen molar-refractivity contribution in [2.75, 3.05) is 12.4 Å². The fourth-order valence-corrected chi connectivity index (χ4v) is 3.59. The maximum atomic E-state index is 13.8. The van der Waals surface area contributed by atoms with Crippen LogP contribution < -0.4 is 10.1 Å². The molecule has 1 N–H and O–H groups in total. The summed E-state index contributed by atoms with van der Waals surface area (Å²) < 4.78 is 20.9. The standard InChI is InChI=1S/C22H23FN4O2/c1-29-19-12-9-16(14-18(19)23)22(28)24-17-10-7-15(8-11-17)21-26-25-20-6-4-2-3-5-13-27(20)21/h7-12,14H,2-6,13H2,1H3,(H,24,28). The molecule has 0 fully saturated rings. The second kappa shape index (κ2) is 8.43. The average Bonchev–Trinajstić information content (AvgIpc) is 3.09. The monoisotopic (exact) mass is 394 g/mol. The van der Waals surface area contributed by atoms with Gasteiger partial charge in [0.1, 0.15) is 5.82 Å². The van der Waals surface area contributed by atoms with Crippen LogP contribution in [0.15, 0.2) is 42.5 Å². The molecule has 29 heavy (non-hydrogen) atoms. The lowest BCUT2D eigenvalue weighted by Crippen LogP contribution is -2.12. The molecule has 0 saturated carbocycles. The van der Waals surface area contributed by atoms with Crippen LogP contribution in [0.4, 0.5) is 10.1 Å². The highest BCUT2D eigenvalue weighted by Crippen LogP contribution is 2.24. The van der Waals surface area contributed by atoms with Gasteiger partial charge in [0.2, 0.25) is 0 Å². The van der Waals surface area contributed by atoms with E-state index in [2.05, 4.69) is 20.1 Å². The van der Waals surface area contributed by atoms with Crippen LogP contribution in [0.25, 0.3) is 11.4 Å². The Morgan fingerprint density at radius 1 is 1.07 bits per heavy atom. The van der Waals surface area contributed by atoms with E-state index in [1.807, 2.05) is 24.3 Å². The number of ether oxygens (including phenoxy) is 1. The molecule has 1 aliphatic rings. The molecule has 7 heteroatoms. The number of anilines is 1. The SMILES string of the molecule is COc1ccc(C(=O)Nc2ccc(-c3nnc4n3CCCCCC4)cc2)cc1F. The molecule has 0 unspecified atom stereocenters. The highest BCUT2D eigenvalue weighted by atomic mass is 19.1. The van der Waals surface area contributed by atoms with Crippen LogP contribution in [-0.4, -0.2) is 27.8 Å². The quantitative estimate of drug-likeness (QED) is 0.709. The fourth-order valence-electron chi connectivity index (χ4n) is 3.59. The molecule has 1 aromatic heterocycles. The zero-order valence-electron chi connectivity index (χ0n) is 16.3. The minimum atomic E-state index is -0.571. The van der Waals surface area contributed by atoms with Crippen LogP contribution in [0.3, 0.4) is 0 Å². The van der Waals surface area contributed by atoms with Gasteiger partial charge in [-0.05, 0) is 55.3 Å². The number of rotatable bonds is 4. The molecule has 0 spiro atoms. The summed E-state index contributed by atoms with van der Waals surface area (Å²) in [6, 6.07) is 11.6. The van der Waals surface area contributed by atoms with Gasteiger partial charge in [0.25, 0.3) is 5.91 Å². The van der Waals surface area contributed by atoms with Crippen molar-refractivity contribution in [3.63, 3.8) is 0 Å². The van der Waals surface area contributed by atoms with E-state index in [-0.39, 0.29) is 17.2 Å². The first-order chi connectivity index (χ1) is 14.2. The topological polar surface area (TPSA) is 69.0 Å². The Morgan fingerprint density at radius 2 is 1.86 bits per heavy atom. The summed E-state index contributed by atoms with van der Waals surface area (Å²) in [6.07, 6.45) is 5.71. The van der Waals surface area contributed by atoms with E-state index in [0.29, 0.717) is 5.69 Å². The van der Waals surface area contributed by atoms with Gasteiger partial charge in [-0.15, -0.1) is 10.2 Å². The lowest BCUT2D eigenvalue weighted by Gasteiger charge is -2.13. The molecule has 1 amide bonds. The zero-order chi connectivity index (χ0) is 20.2. The molecular weight excluding hydrogens is 371 g/mol. The normalized spacial score (nSPS) is 13.9. The van der Waals surface area contributed by atoms with Gasteiger partial charge in [0.15, 0.2) is 17.4 Å². The number of carbonyl (C=O) groups excluding carboxylic acids is 1. The number of hydrogen-bond acceptors (Lipinski definition) is 4. The Labute approximate surface area is 168 Å². The Morgan fingerprint density at radius 3 is 2.62 bits per heavy atom. The van der Waals surface area contributed by atoms with Gasteiger partial charge in [-0.3, -0.25) is 4.79 Å². The van der Waals surface area contributed by atoms with Crippen molar-refractivity contribution in [2.45, 2.75) is 38.6 Å². The third-order valence-corrected chi connectivity index (χ3v) is 5.17. The first-order valence-electron chi connectivity index (χ1n) is 9.83. The first kappa shape index (κ1) is 19.1. The molecular formula is C22H23FN4O2. The second-order valence-electron chi connectivity index (χ2n) is 7.14. The number of halogens is 1. The maximum Gasteiger partial charge on any atom is 0.255 e. The van der Waals surface area contributed by atoms with Gasteiger partial charge in [0.05, 0.1) is 7.11 Å². The molecule has 150 valence electrons. The van der Waals surface area contributed by atoms with Crippen LogP contribution in [0.1, 0.15) is 41.9 Å². The van der Waals surface area contributed by atoms with Gasteiger partial charge in [0, 0.05) is 29.8 Å². The Kier molecular flexibility index (Phi) is 5.55. The number of fused-ring (bicyclic) bond motifs is 1. The van der Waals surface area contributed by atoms with Crippen LogP contribution >= 0.6 is 0 Å². The number of methoxy groups -OCH3 is 1. The molecule has 4 rings (SSSR count). The Balaban J connectivity index is 1.50. The van der Waals surface area contributed by atoms with Crippen molar-refractivity contribution in [1.82, 2.24) is 14.8 Å². The summed E-state index contributed by atoms with van der Waals surface area (Å²) in [5.74, 6) is 1.05. The number of carbonyl (C=O) groups is 1. The van der Waals surface area contributed by atoms with Crippen molar-refractivity contribution in [2.24, 2.45) is 0 Å². The van der Waals surface area contributed by atoms with Crippen molar-refractivity contribution in [1.29, 1.82) is 0 Å². The third-order valence-electron chi connectivity index (χ3n) is 5.17. The maximum absolute atomic E-state index is 13.8. The van der Waals surface area contributed by atoms with Crippen molar-refractivity contribution >= 4 is 11.6 Å². The van der Waals surface area contributed by atoms with E-state index in [1.165, 1.54) is 32.1 Å². The van der Waals surface area contributed by atoms with E-state index in [9.17, 15) is 9.18 Å². The van der Waals surface area contributed by atoms with Crippen LogP contribution in [-0.2, 0) is 13.0 Å². The number of aromatic nitrogens is 3. The van der Waals surface area contributed by atoms with Gasteiger partial charge >= 0.3 is 0 Å². The third kappa shape index (κ3) is 4.13. The summed E-state index contributed by atoms with van der Waals surface area (Å²) in [4.78, 5) is 12.4. The average molecular weight is 394 g/mol. The number of nitrogens with one attached hydrogen (secondary N) is 1. The van der Waals surface area contributed by atoms with Crippen molar-refractivity contribution < 1.29 is 13.9 Å².